The van der Waals surface area contributed by atoms with Gasteiger partial charge in [0.25, 0.3) is 0 Å². The number of aromatic amines is 1. The third-order valence-corrected chi connectivity index (χ3v) is 4.02. The molecule has 0 radical (unpaired) electrons. The maximum atomic E-state index is 6.36. The smallest absolute Gasteiger partial charge is 0.136 e. The van der Waals surface area contributed by atoms with Crippen LogP contribution in [0.25, 0.3) is 16.9 Å². The Morgan fingerprint density at radius 3 is 3.04 bits per heavy atom. The number of aromatic nitrogens is 4. The molecule has 2 aromatic heterocycles. The fraction of sp³-hybridized carbons (Fsp3) is 0.167. The van der Waals surface area contributed by atoms with Gasteiger partial charge in [-0.3, -0.25) is 9.56 Å². The van der Waals surface area contributed by atoms with Gasteiger partial charge in [-0.25, -0.2) is 9.97 Å². The van der Waals surface area contributed by atoms with Gasteiger partial charge >= 0.3 is 0 Å². The Kier molecular flexibility index (Phi) is 5.30. The van der Waals surface area contributed by atoms with Crippen LogP contribution >= 0.6 is 11.6 Å². The van der Waals surface area contributed by atoms with Gasteiger partial charge in [-0.05, 0) is 25.1 Å². The first-order valence-electron chi connectivity index (χ1n) is 7.89. The van der Waals surface area contributed by atoms with Crippen molar-refractivity contribution in [1.29, 1.82) is 0 Å². The van der Waals surface area contributed by atoms with Gasteiger partial charge in [0.15, 0.2) is 0 Å². The zero-order chi connectivity index (χ0) is 17.6. The number of amidine groups is 1. The summed E-state index contributed by atoms with van der Waals surface area (Å²) < 4.78 is 1.90. The SMILES string of the molecule is C=C/C(Cl)=C(\NC(C)=NCCc1cnc[nH]1)n1cnc2ccccc21. The van der Waals surface area contributed by atoms with Crippen molar-refractivity contribution in [3.05, 3.63) is 66.5 Å². The molecule has 0 aliphatic heterocycles. The van der Waals surface area contributed by atoms with Crippen molar-refractivity contribution in [2.24, 2.45) is 4.99 Å². The Morgan fingerprint density at radius 1 is 1.44 bits per heavy atom. The van der Waals surface area contributed by atoms with E-state index in [0.717, 1.165) is 29.0 Å². The molecule has 0 spiro atoms. The summed E-state index contributed by atoms with van der Waals surface area (Å²) >= 11 is 6.36. The molecule has 0 unspecified atom stereocenters. The number of nitrogens with zero attached hydrogens (tertiary/aromatic N) is 4. The Morgan fingerprint density at radius 2 is 2.28 bits per heavy atom. The van der Waals surface area contributed by atoms with Crippen molar-refractivity contribution in [2.75, 3.05) is 6.54 Å². The summed E-state index contributed by atoms with van der Waals surface area (Å²) in [4.78, 5) is 16.0. The Balaban J connectivity index is 1.81. The predicted octanol–water partition coefficient (Wildman–Crippen LogP) is 3.56. The number of benzene rings is 1. The van der Waals surface area contributed by atoms with Crippen LogP contribution in [0.15, 0.2) is 65.8 Å². The summed E-state index contributed by atoms with van der Waals surface area (Å²) in [6, 6.07) is 7.86. The number of allylic oxidation sites excluding steroid dienone is 2. The van der Waals surface area contributed by atoms with E-state index in [0.29, 0.717) is 17.4 Å². The predicted molar refractivity (Wildman–Crippen MR) is 102 cm³/mol. The highest BCUT2D eigenvalue weighted by Crippen LogP contribution is 2.20. The summed E-state index contributed by atoms with van der Waals surface area (Å²) in [7, 11) is 0. The van der Waals surface area contributed by atoms with Gasteiger partial charge in [0, 0.05) is 24.9 Å². The van der Waals surface area contributed by atoms with E-state index >= 15 is 0 Å². The molecule has 0 saturated carbocycles. The van der Waals surface area contributed by atoms with E-state index in [-0.39, 0.29) is 0 Å². The van der Waals surface area contributed by atoms with Gasteiger partial charge in [0.2, 0.25) is 0 Å². The average Bonchev–Trinajstić information content (AvgIpc) is 3.28. The van der Waals surface area contributed by atoms with Gasteiger partial charge in [-0.2, -0.15) is 0 Å². The summed E-state index contributed by atoms with van der Waals surface area (Å²) in [5.41, 5.74) is 2.90. The summed E-state index contributed by atoms with van der Waals surface area (Å²) in [5.74, 6) is 1.43. The van der Waals surface area contributed by atoms with Crippen molar-refractivity contribution < 1.29 is 0 Å². The minimum atomic E-state index is 0.492. The number of halogens is 1. The maximum Gasteiger partial charge on any atom is 0.136 e. The van der Waals surface area contributed by atoms with Crippen molar-refractivity contribution in [3.8, 4) is 0 Å². The van der Waals surface area contributed by atoms with Crippen LogP contribution in [0.1, 0.15) is 12.6 Å². The van der Waals surface area contributed by atoms with E-state index in [1.54, 1.807) is 24.9 Å². The molecule has 0 fully saturated rings. The number of hydrogen-bond acceptors (Lipinski definition) is 3. The molecule has 7 heteroatoms. The largest absolute Gasteiger partial charge is 0.348 e. The van der Waals surface area contributed by atoms with Crippen LogP contribution in [0.4, 0.5) is 0 Å². The number of aliphatic imine (C=N–C) groups is 1. The van der Waals surface area contributed by atoms with Crippen LogP contribution in [0.5, 0.6) is 0 Å². The lowest BCUT2D eigenvalue weighted by molar-refractivity contribution is 0.920. The first-order valence-corrected chi connectivity index (χ1v) is 8.27. The summed E-state index contributed by atoms with van der Waals surface area (Å²) in [5, 5.41) is 3.76. The topological polar surface area (TPSA) is 70.9 Å². The van der Waals surface area contributed by atoms with Crippen molar-refractivity contribution in [1.82, 2.24) is 24.8 Å². The van der Waals surface area contributed by atoms with E-state index < -0.39 is 0 Å². The first-order chi connectivity index (χ1) is 12.2. The zero-order valence-corrected chi connectivity index (χ0v) is 14.7. The van der Waals surface area contributed by atoms with Crippen LogP contribution in [0.3, 0.4) is 0 Å². The average molecular weight is 355 g/mol. The molecule has 0 aliphatic rings. The molecule has 0 amide bonds. The molecule has 6 nitrogen and oxygen atoms in total. The monoisotopic (exact) mass is 354 g/mol. The molecule has 0 atom stereocenters. The third kappa shape index (κ3) is 3.97. The molecular weight excluding hydrogens is 336 g/mol. The van der Waals surface area contributed by atoms with Crippen LogP contribution in [0.2, 0.25) is 0 Å². The van der Waals surface area contributed by atoms with Crippen LogP contribution in [-0.4, -0.2) is 31.9 Å². The molecule has 1 aromatic carbocycles. The van der Waals surface area contributed by atoms with Crippen molar-refractivity contribution >= 4 is 34.3 Å². The highest BCUT2D eigenvalue weighted by Gasteiger charge is 2.10. The first kappa shape index (κ1) is 17.0. The molecule has 2 heterocycles. The number of fused-ring (bicyclic) bond motifs is 1. The molecule has 128 valence electrons. The molecule has 0 bridgehead atoms. The van der Waals surface area contributed by atoms with Crippen LogP contribution < -0.4 is 5.32 Å². The van der Waals surface area contributed by atoms with Crippen molar-refractivity contribution in [2.45, 2.75) is 13.3 Å². The second-order valence-electron chi connectivity index (χ2n) is 5.42. The Labute approximate surface area is 151 Å². The normalized spacial score (nSPS) is 13.0. The van der Waals surface area contributed by atoms with Gasteiger partial charge in [-0.1, -0.05) is 30.3 Å². The fourth-order valence-corrected chi connectivity index (χ4v) is 2.58. The summed E-state index contributed by atoms with van der Waals surface area (Å²) in [6.45, 7) is 6.31. The highest BCUT2D eigenvalue weighted by molar-refractivity contribution is 6.33. The molecule has 0 saturated heterocycles. The molecule has 2 N–H and O–H groups in total. The Hall–Kier alpha value is -2.86. The number of rotatable bonds is 6. The van der Waals surface area contributed by atoms with E-state index in [9.17, 15) is 0 Å². The van der Waals surface area contributed by atoms with E-state index in [2.05, 4.69) is 31.8 Å². The van der Waals surface area contributed by atoms with Crippen LogP contribution in [0, 0.1) is 0 Å². The lowest BCUT2D eigenvalue weighted by atomic mass is 10.3. The van der Waals surface area contributed by atoms with Gasteiger partial charge in [0.05, 0.1) is 28.2 Å². The van der Waals surface area contributed by atoms with E-state index in [1.807, 2.05) is 35.8 Å². The molecular formula is C18H19ClN6. The number of imidazole rings is 2. The van der Waals surface area contributed by atoms with Crippen LogP contribution in [-0.2, 0) is 6.42 Å². The molecule has 0 aliphatic carbocycles. The number of H-pyrrole nitrogens is 1. The second kappa shape index (κ2) is 7.81. The lowest BCUT2D eigenvalue weighted by Gasteiger charge is -2.14. The second-order valence-corrected chi connectivity index (χ2v) is 5.83. The van der Waals surface area contributed by atoms with Crippen molar-refractivity contribution in [3.63, 3.8) is 0 Å². The molecule has 3 aromatic rings. The minimum Gasteiger partial charge on any atom is -0.348 e. The maximum absolute atomic E-state index is 6.36. The van der Waals surface area contributed by atoms with E-state index in [1.165, 1.54) is 0 Å². The molecule has 25 heavy (non-hydrogen) atoms. The molecule has 3 rings (SSSR count). The van der Waals surface area contributed by atoms with Gasteiger partial charge in [0.1, 0.15) is 12.1 Å². The zero-order valence-electron chi connectivity index (χ0n) is 13.9. The third-order valence-electron chi connectivity index (χ3n) is 3.68. The quantitative estimate of drug-likeness (QED) is 0.404. The number of nitrogens with one attached hydrogen (secondary N) is 2. The lowest BCUT2D eigenvalue weighted by Crippen LogP contribution is -2.23. The van der Waals surface area contributed by atoms with E-state index in [4.69, 9.17) is 11.6 Å². The summed E-state index contributed by atoms with van der Waals surface area (Å²) in [6.07, 6.45) is 7.59. The highest BCUT2D eigenvalue weighted by atomic mass is 35.5. The van der Waals surface area contributed by atoms with Gasteiger partial charge in [-0.15, -0.1) is 0 Å². The standard InChI is InChI=1S/C18H19ClN6/c1-3-15(19)18(25-12-23-16-6-4-5-7-17(16)25)24-13(2)21-9-8-14-10-20-11-22-14/h3-7,10-12H,1,8-9H2,2H3,(H,20,22)(H,21,24)/b18-15-. The Bertz CT molecular complexity index is 920. The number of hydrogen-bond donors (Lipinski definition) is 2. The van der Waals surface area contributed by atoms with Gasteiger partial charge < -0.3 is 10.3 Å². The number of para-hydroxylation sites is 2. The fourth-order valence-electron chi connectivity index (χ4n) is 2.45. The minimum absolute atomic E-state index is 0.492.